The lowest BCUT2D eigenvalue weighted by Crippen LogP contribution is -2.37. The Morgan fingerprint density at radius 1 is 0.821 bits per heavy atom. The minimum absolute atomic E-state index is 0.00769. The third-order valence-corrected chi connectivity index (χ3v) is 4.69. The van der Waals surface area contributed by atoms with Crippen LogP contribution in [0.2, 0.25) is 0 Å². The topological polar surface area (TPSA) is 119 Å². The molecule has 0 amide bonds. The first-order valence-corrected chi connectivity index (χ1v) is 9.57. The summed E-state index contributed by atoms with van der Waals surface area (Å²) in [6.45, 7) is 0. The van der Waals surface area contributed by atoms with Crippen LogP contribution in [0.25, 0.3) is 0 Å². The first-order valence-electron chi connectivity index (χ1n) is 8.13. The monoisotopic (exact) mass is 399 g/mol. The summed E-state index contributed by atoms with van der Waals surface area (Å²) in [4.78, 5) is 11.2. The lowest BCUT2D eigenvalue weighted by atomic mass is 10.2. The Morgan fingerprint density at radius 3 is 2.11 bits per heavy atom. The van der Waals surface area contributed by atoms with Crippen LogP contribution in [0, 0.1) is 0 Å². The normalized spacial score (nSPS) is 10.9. The molecule has 0 aliphatic carbocycles. The average Bonchev–Trinajstić information content (AvgIpc) is 2.68. The summed E-state index contributed by atoms with van der Waals surface area (Å²) in [6.07, 6.45) is 0. The van der Waals surface area contributed by atoms with Crippen LogP contribution in [-0.2, 0) is 10.1 Å². The first-order chi connectivity index (χ1) is 13.4. The van der Waals surface area contributed by atoms with Gasteiger partial charge in [-0.1, -0.05) is 42.5 Å². The van der Waals surface area contributed by atoms with E-state index in [-0.39, 0.29) is 21.8 Å². The molecule has 3 aromatic carbocycles. The van der Waals surface area contributed by atoms with E-state index in [1.165, 1.54) is 29.4 Å². The van der Waals surface area contributed by atoms with Crippen LogP contribution in [-0.4, -0.2) is 24.0 Å². The third kappa shape index (κ3) is 4.40. The number of anilines is 3. The molecular formula is C19H17N3O5S. The van der Waals surface area contributed by atoms with Crippen molar-refractivity contribution < 1.29 is 22.9 Å². The Balaban J connectivity index is 2.09. The van der Waals surface area contributed by atoms with E-state index < -0.39 is 16.1 Å². The summed E-state index contributed by atoms with van der Waals surface area (Å²) >= 11 is 0. The van der Waals surface area contributed by atoms with Crippen LogP contribution in [0.4, 0.5) is 17.1 Å². The van der Waals surface area contributed by atoms with Gasteiger partial charge in [0.1, 0.15) is 10.6 Å². The van der Waals surface area contributed by atoms with Gasteiger partial charge in [0.25, 0.3) is 10.1 Å². The lowest BCUT2D eigenvalue weighted by Gasteiger charge is -2.29. The number of hydrazine groups is 2. The van der Waals surface area contributed by atoms with Crippen LogP contribution >= 0.6 is 0 Å². The Kier molecular flexibility index (Phi) is 5.48. The van der Waals surface area contributed by atoms with Crippen LogP contribution in [0.3, 0.4) is 0 Å². The molecule has 8 nitrogen and oxygen atoms in total. The molecular weight excluding hydrogens is 382 g/mol. The molecule has 0 heterocycles. The highest BCUT2D eigenvalue weighted by Gasteiger charge is 2.21. The molecule has 0 radical (unpaired) electrons. The second kappa shape index (κ2) is 7.99. The zero-order valence-corrected chi connectivity index (χ0v) is 15.3. The van der Waals surface area contributed by atoms with Gasteiger partial charge in [-0.25, -0.2) is 4.79 Å². The number of benzene rings is 3. The maximum atomic E-state index is 11.8. The summed E-state index contributed by atoms with van der Waals surface area (Å²) in [5.41, 5.74) is 6.75. The molecule has 0 aliphatic heterocycles. The number of carboxylic acids is 1. The highest BCUT2D eigenvalue weighted by molar-refractivity contribution is 7.86. The van der Waals surface area contributed by atoms with Crippen LogP contribution in [0.5, 0.6) is 0 Å². The number of hydrogen-bond acceptors (Lipinski definition) is 6. The molecule has 9 heteroatoms. The van der Waals surface area contributed by atoms with Crippen molar-refractivity contribution in [1.29, 1.82) is 0 Å². The van der Waals surface area contributed by atoms with Crippen molar-refractivity contribution in [3.63, 3.8) is 0 Å². The Hall–Kier alpha value is -3.56. The van der Waals surface area contributed by atoms with Crippen molar-refractivity contribution in [2.75, 3.05) is 16.0 Å². The molecule has 0 fully saturated rings. The van der Waals surface area contributed by atoms with Gasteiger partial charge in [-0.3, -0.25) is 15.4 Å². The quantitative estimate of drug-likeness (QED) is 0.352. The molecule has 3 rings (SSSR count). The molecule has 3 aromatic rings. The maximum Gasteiger partial charge on any atom is 0.337 e. The van der Waals surface area contributed by atoms with Gasteiger partial charge in [-0.15, -0.1) is 0 Å². The summed E-state index contributed by atoms with van der Waals surface area (Å²) in [7, 11) is -4.53. The Labute approximate surface area is 161 Å². The van der Waals surface area contributed by atoms with E-state index in [0.29, 0.717) is 5.69 Å². The number of carbonyl (C=O) groups is 1. The molecule has 0 aliphatic rings. The van der Waals surface area contributed by atoms with Crippen molar-refractivity contribution >= 4 is 33.1 Å². The summed E-state index contributed by atoms with van der Waals surface area (Å²) in [5.74, 6) is -1.15. The number of nitrogens with one attached hydrogen (secondary N) is 2. The van der Waals surface area contributed by atoms with Gasteiger partial charge in [0.15, 0.2) is 0 Å². The van der Waals surface area contributed by atoms with Crippen molar-refractivity contribution in [3.05, 3.63) is 84.4 Å². The lowest BCUT2D eigenvalue weighted by molar-refractivity contribution is 0.0698. The van der Waals surface area contributed by atoms with Gasteiger partial charge in [0.05, 0.1) is 16.9 Å². The summed E-state index contributed by atoms with van der Waals surface area (Å²) in [6, 6.07) is 20.8. The second-order valence-electron chi connectivity index (χ2n) is 5.72. The molecule has 144 valence electrons. The molecule has 4 N–H and O–H groups in total. The molecule has 0 aromatic heterocycles. The van der Waals surface area contributed by atoms with E-state index in [0.717, 1.165) is 0 Å². The first kappa shape index (κ1) is 19.2. The van der Waals surface area contributed by atoms with E-state index in [9.17, 15) is 22.9 Å². The number of hydrogen-bond donors (Lipinski definition) is 4. The number of carboxylic acid groups (broad SMARTS) is 1. The van der Waals surface area contributed by atoms with E-state index in [1.54, 1.807) is 48.5 Å². The van der Waals surface area contributed by atoms with Gasteiger partial charge in [0.2, 0.25) is 0 Å². The maximum absolute atomic E-state index is 11.8. The molecule has 28 heavy (non-hydrogen) atoms. The number of para-hydroxylation sites is 3. The van der Waals surface area contributed by atoms with Gasteiger partial charge < -0.3 is 5.11 Å². The second-order valence-corrected chi connectivity index (χ2v) is 7.11. The number of rotatable bonds is 7. The fourth-order valence-electron chi connectivity index (χ4n) is 2.54. The Bertz CT molecular complexity index is 1090. The molecule has 0 unspecified atom stereocenters. The van der Waals surface area contributed by atoms with E-state index in [1.807, 2.05) is 6.07 Å². The number of aromatic carboxylic acids is 1. The summed E-state index contributed by atoms with van der Waals surface area (Å²) in [5, 5.41) is 10.6. The Morgan fingerprint density at radius 2 is 1.43 bits per heavy atom. The molecule has 0 spiro atoms. The highest BCUT2D eigenvalue weighted by Crippen LogP contribution is 2.27. The van der Waals surface area contributed by atoms with E-state index in [2.05, 4.69) is 10.9 Å². The predicted octanol–water partition coefficient (Wildman–Crippen LogP) is 3.49. The standard InChI is InChI=1S/C19H17N3O5S/c23-19(24)15-10-4-5-11-16(15)21-22(20-14-8-2-1-3-9-14)17-12-6-7-13-18(17)28(25,26)27/h1-13,20-21H,(H,23,24)(H,25,26,27). The highest BCUT2D eigenvalue weighted by atomic mass is 32.2. The van der Waals surface area contributed by atoms with Gasteiger partial charge >= 0.3 is 5.97 Å². The largest absolute Gasteiger partial charge is 0.478 e. The molecule has 0 atom stereocenters. The fraction of sp³-hybridized carbons (Fsp3) is 0. The van der Waals surface area contributed by atoms with Gasteiger partial charge in [0, 0.05) is 0 Å². The smallest absolute Gasteiger partial charge is 0.337 e. The molecule has 0 saturated carbocycles. The van der Waals surface area contributed by atoms with Crippen molar-refractivity contribution in [1.82, 2.24) is 0 Å². The van der Waals surface area contributed by atoms with Crippen LogP contribution in [0.1, 0.15) is 10.4 Å². The third-order valence-electron chi connectivity index (χ3n) is 3.79. The van der Waals surface area contributed by atoms with Crippen molar-refractivity contribution in [2.45, 2.75) is 4.90 Å². The van der Waals surface area contributed by atoms with Gasteiger partial charge in [-0.2, -0.15) is 13.5 Å². The zero-order chi connectivity index (χ0) is 20.1. The predicted molar refractivity (Wildman–Crippen MR) is 106 cm³/mol. The van der Waals surface area contributed by atoms with Gasteiger partial charge in [-0.05, 0) is 36.4 Å². The van der Waals surface area contributed by atoms with Crippen LogP contribution < -0.4 is 16.0 Å². The SMILES string of the molecule is O=C(O)c1ccccc1NN(Nc1ccccc1)c1ccccc1S(=O)(=O)O. The number of nitrogens with zero attached hydrogens (tertiary/aromatic N) is 1. The minimum atomic E-state index is -4.53. The average molecular weight is 399 g/mol. The van der Waals surface area contributed by atoms with Crippen molar-refractivity contribution in [3.8, 4) is 0 Å². The fourth-order valence-corrected chi connectivity index (χ4v) is 3.21. The van der Waals surface area contributed by atoms with Crippen LogP contribution in [0.15, 0.2) is 83.8 Å². The molecule has 0 bridgehead atoms. The van der Waals surface area contributed by atoms with E-state index >= 15 is 0 Å². The molecule has 0 saturated heterocycles. The zero-order valence-electron chi connectivity index (χ0n) is 14.5. The minimum Gasteiger partial charge on any atom is -0.478 e. The van der Waals surface area contributed by atoms with Crippen molar-refractivity contribution in [2.24, 2.45) is 0 Å². The summed E-state index contributed by atoms with van der Waals surface area (Å²) < 4.78 is 33.2. The van der Waals surface area contributed by atoms with E-state index in [4.69, 9.17) is 0 Å².